The second-order valence-corrected chi connectivity index (χ2v) is 10.9. The number of hydrogen-bond donors (Lipinski definition) is 0. The largest absolute Gasteiger partial charge is 0.469 e. The first-order valence-electron chi connectivity index (χ1n) is 15.1. The van der Waals surface area contributed by atoms with Gasteiger partial charge in [-0.25, -0.2) is 4.79 Å². The average molecular weight is 541 g/mol. The van der Waals surface area contributed by atoms with Crippen molar-refractivity contribution in [3.63, 3.8) is 0 Å². The molecule has 1 aliphatic heterocycles. The fourth-order valence-corrected chi connectivity index (χ4v) is 5.13. The van der Waals surface area contributed by atoms with Gasteiger partial charge in [0.05, 0.1) is 19.8 Å². The Morgan fingerprint density at radius 1 is 0.897 bits per heavy atom. The highest BCUT2D eigenvalue weighted by Gasteiger charge is 2.31. The van der Waals surface area contributed by atoms with Crippen molar-refractivity contribution < 1.29 is 19.1 Å². The maximum Gasteiger partial charge on any atom is 0.333 e. The minimum atomic E-state index is -0.289. The van der Waals surface area contributed by atoms with E-state index in [0.29, 0.717) is 12.0 Å². The second kappa shape index (κ2) is 19.3. The van der Waals surface area contributed by atoms with Gasteiger partial charge in [-0.2, -0.15) is 0 Å². The van der Waals surface area contributed by atoms with Crippen LogP contribution in [0, 0.1) is 0 Å². The smallest absolute Gasteiger partial charge is 0.333 e. The maximum atomic E-state index is 12.7. The van der Waals surface area contributed by atoms with Gasteiger partial charge in [0.25, 0.3) is 0 Å². The Kier molecular flexibility index (Phi) is 16.1. The molecule has 6 nitrogen and oxygen atoms in total. The van der Waals surface area contributed by atoms with Gasteiger partial charge in [0.1, 0.15) is 6.10 Å². The standard InChI is InChI=1S/C33H52N2O4/c1-5-6-7-8-11-17-22-31(39-33(37)28(2)3)30(21-16-10-9-12-18-23-32(36)38-4)35-25-24-34(27-35)26-29-19-14-13-15-20-29/h13-15,19-20,24-25,30-31H,2,5-12,16-18,21-23,26-27H2,1,3-4H3. The summed E-state index contributed by atoms with van der Waals surface area (Å²) in [7, 11) is 1.44. The number of methoxy groups -OCH3 is 1. The topological polar surface area (TPSA) is 59.1 Å². The van der Waals surface area contributed by atoms with Gasteiger partial charge in [-0.15, -0.1) is 0 Å². The first-order valence-corrected chi connectivity index (χ1v) is 15.1. The first-order chi connectivity index (χ1) is 18.9. The molecule has 0 amide bonds. The van der Waals surface area contributed by atoms with E-state index in [4.69, 9.17) is 9.47 Å². The van der Waals surface area contributed by atoms with E-state index in [2.05, 4.69) is 60.0 Å². The Balaban J connectivity index is 2.01. The van der Waals surface area contributed by atoms with E-state index in [1.54, 1.807) is 6.92 Å². The Hall–Kier alpha value is -2.76. The van der Waals surface area contributed by atoms with Gasteiger partial charge < -0.3 is 19.3 Å². The van der Waals surface area contributed by atoms with Crippen molar-refractivity contribution in [3.8, 4) is 0 Å². The summed E-state index contributed by atoms with van der Waals surface area (Å²) in [5.41, 5.74) is 1.74. The zero-order valence-electron chi connectivity index (χ0n) is 24.7. The lowest BCUT2D eigenvalue weighted by Crippen LogP contribution is -2.44. The SMILES string of the molecule is C=C(C)C(=O)OC(CCCCCCCC)C(CCCCCCCC(=O)OC)N1C=CN(Cc2ccccc2)C1. The molecule has 2 unspecified atom stereocenters. The van der Waals surface area contributed by atoms with E-state index in [9.17, 15) is 9.59 Å². The minimum absolute atomic E-state index is 0.121. The Morgan fingerprint density at radius 2 is 1.54 bits per heavy atom. The average Bonchev–Trinajstić information content (AvgIpc) is 3.39. The summed E-state index contributed by atoms with van der Waals surface area (Å²) < 4.78 is 10.9. The molecule has 1 aliphatic rings. The Labute approximate surface area is 237 Å². The number of benzene rings is 1. The van der Waals surface area contributed by atoms with Crippen molar-refractivity contribution >= 4 is 11.9 Å². The van der Waals surface area contributed by atoms with Crippen molar-refractivity contribution in [2.24, 2.45) is 0 Å². The summed E-state index contributed by atoms with van der Waals surface area (Å²) in [6.07, 6.45) is 18.9. The third-order valence-corrected chi connectivity index (χ3v) is 7.46. The zero-order chi connectivity index (χ0) is 28.3. The molecule has 2 atom stereocenters. The Morgan fingerprint density at radius 3 is 2.21 bits per heavy atom. The van der Waals surface area contributed by atoms with Gasteiger partial charge in [-0.1, -0.05) is 102 Å². The highest BCUT2D eigenvalue weighted by molar-refractivity contribution is 5.87. The third kappa shape index (κ3) is 13.2. The number of hydrogen-bond acceptors (Lipinski definition) is 6. The van der Waals surface area contributed by atoms with Crippen LogP contribution in [0.4, 0.5) is 0 Å². The maximum absolute atomic E-state index is 12.7. The molecule has 2 rings (SSSR count). The molecule has 0 bridgehead atoms. The van der Waals surface area contributed by atoms with Crippen LogP contribution in [-0.4, -0.2) is 47.7 Å². The number of rotatable bonds is 21. The normalized spacial score (nSPS) is 14.3. The number of unbranched alkanes of at least 4 members (excludes halogenated alkanes) is 9. The third-order valence-electron chi connectivity index (χ3n) is 7.46. The molecule has 0 aliphatic carbocycles. The molecule has 39 heavy (non-hydrogen) atoms. The van der Waals surface area contributed by atoms with Crippen LogP contribution in [0.2, 0.25) is 0 Å². The predicted molar refractivity (Wildman–Crippen MR) is 159 cm³/mol. The van der Waals surface area contributed by atoms with E-state index in [1.807, 2.05) is 6.07 Å². The summed E-state index contributed by atoms with van der Waals surface area (Å²) in [4.78, 5) is 28.7. The van der Waals surface area contributed by atoms with Gasteiger partial charge in [0.15, 0.2) is 0 Å². The van der Waals surface area contributed by atoms with Gasteiger partial charge in [0.2, 0.25) is 0 Å². The molecule has 1 aromatic carbocycles. The molecule has 1 heterocycles. The van der Waals surface area contributed by atoms with Crippen LogP contribution in [0.3, 0.4) is 0 Å². The molecule has 0 spiro atoms. The minimum Gasteiger partial charge on any atom is -0.469 e. The molecule has 0 saturated carbocycles. The summed E-state index contributed by atoms with van der Waals surface area (Å²) in [6.45, 7) is 9.44. The summed E-state index contributed by atoms with van der Waals surface area (Å²) >= 11 is 0. The van der Waals surface area contributed by atoms with Crippen LogP contribution in [0.5, 0.6) is 0 Å². The molecule has 0 fully saturated rings. The number of carbonyl (C=O) groups excluding carboxylic acids is 2. The first kappa shape index (κ1) is 32.5. The van der Waals surface area contributed by atoms with Crippen LogP contribution >= 0.6 is 0 Å². The predicted octanol–water partition coefficient (Wildman–Crippen LogP) is 7.74. The van der Waals surface area contributed by atoms with Crippen molar-refractivity contribution in [2.75, 3.05) is 13.8 Å². The van der Waals surface area contributed by atoms with Crippen molar-refractivity contribution in [2.45, 2.75) is 122 Å². The van der Waals surface area contributed by atoms with Gasteiger partial charge in [-0.05, 0) is 38.2 Å². The van der Waals surface area contributed by atoms with Crippen LogP contribution in [-0.2, 0) is 25.6 Å². The van der Waals surface area contributed by atoms with E-state index >= 15 is 0 Å². The molecule has 0 saturated heterocycles. The molecule has 1 aromatic rings. The lowest BCUT2D eigenvalue weighted by atomic mass is 9.96. The zero-order valence-corrected chi connectivity index (χ0v) is 24.7. The lowest BCUT2D eigenvalue weighted by molar-refractivity contribution is -0.148. The fraction of sp³-hybridized carbons (Fsp3) is 0.636. The van der Waals surface area contributed by atoms with Gasteiger partial charge in [-0.3, -0.25) is 4.79 Å². The van der Waals surface area contributed by atoms with Crippen LogP contribution in [0.1, 0.15) is 109 Å². The van der Waals surface area contributed by atoms with Crippen LogP contribution < -0.4 is 0 Å². The molecule has 6 heteroatoms. The second-order valence-electron chi connectivity index (χ2n) is 10.9. The fourth-order valence-electron chi connectivity index (χ4n) is 5.13. The van der Waals surface area contributed by atoms with E-state index in [1.165, 1.54) is 44.8 Å². The summed E-state index contributed by atoms with van der Waals surface area (Å²) in [6, 6.07) is 10.6. The summed E-state index contributed by atoms with van der Waals surface area (Å²) in [5.74, 6) is -0.420. The Bertz CT molecular complexity index is 870. The highest BCUT2D eigenvalue weighted by Crippen LogP contribution is 2.26. The van der Waals surface area contributed by atoms with Crippen molar-refractivity contribution in [3.05, 3.63) is 60.4 Å². The van der Waals surface area contributed by atoms with Crippen molar-refractivity contribution in [1.82, 2.24) is 9.80 Å². The van der Waals surface area contributed by atoms with Gasteiger partial charge >= 0.3 is 11.9 Å². The monoisotopic (exact) mass is 540 g/mol. The molecule has 0 aromatic heterocycles. The van der Waals surface area contributed by atoms with E-state index < -0.39 is 0 Å². The molecular weight excluding hydrogens is 488 g/mol. The summed E-state index contributed by atoms with van der Waals surface area (Å²) in [5, 5.41) is 0. The van der Waals surface area contributed by atoms with E-state index in [0.717, 1.165) is 64.6 Å². The molecule has 0 N–H and O–H groups in total. The van der Waals surface area contributed by atoms with Crippen molar-refractivity contribution in [1.29, 1.82) is 0 Å². The van der Waals surface area contributed by atoms with E-state index in [-0.39, 0.29) is 24.1 Å². The number of esters is 2. The molecular formula is C33H52N2O4. The van der Waals surface area contributed by atoms with Crippen LogP contribution in [0.25, 0.3) is 0 Å². The van der Waals surface area contributed by atoms with Crippen LogP contribution in [0.15, 0.2) is 54.9 Å². The highest BCUT2D eigenvalue weighted by atomic mass is 16.5. The quantitative estimate of drug-likeness (QED) is 0.0903. The van der Waals surface area contributed by atoms with Gasteiger partial charge in [0, 0.05) is 30.9 Å². The molecule has 0 radical (unpaired) electrons. The molecule has 218 valence electrons. The number of carbonyl (C=O) groups is 2. The lowest BCUT2D eigenvalue weighted by Gasteiger charge is -2.35. The number of ether oxygens (including phenoxy) is 2. The number of nitrogens with zero attached hydrogens (tertiary/aromatic N) is 2.